The average molecular weight is 221 g/mol. The number of nitrogens with one attached hydrogen (secondary N) is 1. The van der Waals surface area contributed by atoms with Crippen molar-refractivity contribution in [3.8, 4) is 0 Å². The number of hydrogen-bond donors (Lipinski definition) is 1. The lowest BCUT2D eigenvalue weighted by molar-refractivity contribution is 0.587. The molecule has 3 heteroatoms. The van der Waals surface area contributed by atoms with E-state index in [1.807, 2.05) is 13.1 Å². The molecule has 90 valence electrons. The summed E-state index contributed by atoms with van der Waals surface area (Å²) in [6.07, 6.45) is 1.98. The fraction of sp³-hybridized carbons (Fsp3) is 0.615. The molecule has 1 rings (SSSR count). The van der Waals surface area contributed by atoms with Crippen LogP contribution >= 0.6 is 0 Å². The van der Waals surface area contributed by atoms with Crippen molar-refractivity contribution in [2.45, 2.75) is 40.3 Å². The van der Waals surface area contributed by atoms with Crippen LogP contribution in [0.3, 0.4) is 0 Å². The van der Waals surface area contributed by atoms with Gasteiger partial charge >= 0.3 is 0 Å². The van der Waals surface area contributed by atoms with Crippen LogP contribution in [0.1, 0.15) is 32.0 Å². The summed E-state index contributed by atoms with van der Waals surface area (Å²) in [6.45, 7) is 10.4. The molecule has 1 heterocycles. The summed E-state index contributed by atoms with van der Waals surface area (Å²) in [5.41, 5.74) is 3.62. The molecule has 0 radical (unpaired) electrons. The molecular weight excluding hydrogens is 198 g/mol. The maximum atomic E-state index is 4.37. The summed E-state index contributed by atoms with van der Waals surface area (Å²) < 4.78 is 0. The van der Waals surface area contributed by atoms with E-state index in [4.69, 9.17) is 0 Å². The molecule has 0 aliphatic carbocycles. The smallest absolute Gasteiger partial charge is 0.0442 e. The number of pyridine rings is 1. The first-order chi connectivity index (χ1) is 7.54. The molecule has 1 aromatic heterocycles. The second-order valence-electron chi connectivity index (χ2n) is 4.50. The molecular formula is C13H23N3. The van der Waals surface area contributed by atoms with Crippen molar-refractivity contribution in [1.29, 1.82) is 0 Å². The standard InChI is InChI=1S/C13H23N3/c1-6-16(5)13-7-11(4)15-9-12(13)8-14-10(2)3/h7,9-10,14H,6,8H2,1-5H3. The highest BCUT2D eigenvalue weighted by molar-refractivity contribution is 5.52. The maximum Gasteiger partial charge on any atom is 0.0442 e. The van der Waals surface area contributed by atoms with E-state index < -0.39 is 0 Å². The first kappa shape index (κ1) is 13.0. The van der Waals surface area contributed by atoms with Crippen LogP contribution in [0.5, 0.6) is 0 Å². The largest absolute Gasteiger partial charge is 0.375 e. The van der Waals surface area contributed by atoms with E-state index in [0.717, 1.165) is 18.8 Å². The zero-order valence-corrected chi connectivity index (χ0v) is 11.0. The van der Waals surface area contributed by atoms with Crippen LogP contribution in [0, 0.1) is 6.92 Å². The zero-order chi connectivity index (χ0) is 12.1. The summed E-state index contributed by atoms with van der Waals surface area (Å²) in [5, 5.41) is 3.43. The summed E-state index contributed by atoms with van der Waals surface area (Å²) >= 11 is 0. The Morgan fingerprint density at radius 2 is 2.12 bits per heavy atom. The van der Waals surface area contributed by atoms with Crippen molar-refractivity contribution in [3.05, 3.63) is 23.5 Å². The number of aromatic nitrogens is 1. The molecule has 0 amide bonds. The highest BCUT2D eigenvalue weighted by Gasteiger charge is 2.07. The van der Waals surface area contributed by atoms with Crippen LogP contribution < -0.4 is 10.2 Å². The minimum atomic E-state index is 0.501. The van der Waals surface area contributed by atoms with Crippen LogP contribution in [0.15, 0.2) is 12.3 Å². The molecule has 3 nitrogen and oxygen atoms in total. The van der Waals surface area contributed by atoms with Crippen molar-refractivity contribution in [2.24, 2.45) is 0 Å². The minimum absolute atomic E-state index is 0.501. The molecule has 16 heavy (non-hydrogen) atoms. The molecule has 0 spiro atoms. The first-order valence-electron chi connectivity index (χ1n) is 5.94. The zero-order valence-electron chi connectivity index (χ0n) is 11.0. The minimum Gasteiger partial charge on any atom is -0.375 e. The van der Waals surface area contributed by atoms with Gasteiger partial charge in [0.15, 0.2) is 0 Å². The van der Waals surface area contributed by atoms with E-state index in [-0.39, 0.29) is 0 Å². The third kappa shape index (κ3) is 3.49. The van der Waals surface area contributed by atoms with Crippen LogP contribution in [0.4, 0.5) is 5.69 Å². The van der Waals surface area contributed by atoms with E-state index in [0.29, 0.717) is 6.04 Å². The Kier molecular flexibility index (Phi) is 4.74. The van der Waals surface area contributed by atoms with Gasteiger partial charge in [0, 0.05) is 49.3 Å². The number of hydrogen-bond acceptors (Lipinski definition) is 3. The van der Waals surface area contributed by atoms with Crippen molar-refractivity contribution < 1.29 is 0 Å². The van der Waals surface area contributed by atoms with E-state index in [1.54, 1.807) is 0 Å². The molecule has 0 aliphatic rings. The quantitative estimate of drug-likeness (QED) is 0.827. The number of nitrogens with zero attached hydrogens (tertiary/aromatic N) is 2. The Labute approximate surface area is 98.9 Å². The van der Waals surface area contributed by atoms with Crippen LogP contribution in [0.2, 0.25) is 0 Å². The SMILES string of the molecule is CCN(C)c1cc(C)ncc1CNC(C)C. The lowest BCUT2D eigenvalue weighted by Crippen LogP contribution is -2.25. The van der Waals surface area contributed by atoms with Gasteiger partial charge in [0.2, 0.25) is 0 Å². The predicted molar refractivity (Wildman–Crippen MR) is 69.9 cm³/mol. The molecule has 0 fully saturated rings. The van der Waals surface area contributed by atoms with Gasteiger partial charge in [-0.15, -0.1) is 0 Å². The van der Waals surface area contributed by atoms with Crippen LogP contribution in [-0.4, -0.2) is 24.6 Å². The van der Waals surface area contributed by atoms with E-state index in [9.17, 15) is 0 Å². The van der Waals surface area contributed by atoms with Gasteiger partial charge < -0.3 is 10.2 Å². The van der Waals surface area contributed by atoms with Gasteiger partial charge in [-0.05, 0) is 19.9 Å². The second kappa shape index (κ2) is 5.85. The Balaban J connectivity index is 2.89. The van der Waals surface area contributed by atoms with Crippen molar-refractivity contribution >= 4 is 5.69 Å². The summed E-state index contributed by atoms with van der Waals surface area (Å²) in [5.74, 6) is 0. The summed E-state index contributed by atoms with van der Waals surface area (Å²) in [4.78, 5) is 6.62. The van der Waals surface area contributed by atoms with E-state index in [2.05, 4.69) is 49.1 Å². The molecule has 1 aromatic rings. The van der Waals surface area contributed by atoms with Gasteiger partial charge in [0.25, 0.3) is 0 Å². The van der Waals surface area contributed by atoms with Crippen molar-refractivity contribution in [3.63, 3.8) is 0 Å². The van der Waals surface area contributed by atoms with Crippen molar-refractivity contribution in [1.82, 2.24) is 10.3 Å². The second-order valence-corrected chi connectivity index (χ2v) is 4.50. The molecule has 0 aromatic carbocycles. The number of anilines is 1. The fourth-order valence-electron chi connectivity index (χ4n) is 1.55. The summed E-state index contributed by atoms with van der Waals surface area (Å²) in [6, 6.07) is 2.65. The number of rotatable bonds is 5. The average Bonchev–Trinajstić information content (AvgIpc) is 2.26. The number of aryl methyl sites for hydroxylation is 1. The lowest BCUT2D eigenvalue weighted by atomic mass is 10.2. The third-order valence-corrected chi connectivity index (χ3v) is 2.68. The molecule has 0 atom stereocenters. The highest BCUT2D eigenvalue weighted by Crippen LogP contribution is 2.19. The molecule has 0 saturated heterocycles. The molecule has 1 N–H and O–H groups in total. The molecule has 0 aliphatic heterocycles. The predicted octanol–water partition coefficient (Wildman–Crippen LogP) is 2.34. The van der Waals surface area contributed by atoms with E-state index >= 15 is 0 Å². The third-order valence-electron chi connectivity index (χ3n) is 2.68. The Morgan fingerprint density at radius 3 is 2.69 bits per heavy atom. The Bertz CT molecular complexity index is 334. The normalized spacial score (nSPS) is 10.9. The monoisotopic (exact) mass is 221 g/mol. The topological polar surface area (TPSA) is 28.2 Å². The lowest BCUT2D eigenvalue weighted by Gasteiger charge is -2.21. The van der Waals surface area contributed by atoms with Gasteiger partial charge in [0.1, 0.15) is 0 Å². The highest BCUT2D eigenvalue weighted by atomic mass is 15.1. The van der Waals surface area contributed by atoms with Gasteiger partial charge in [-0.25, -0.2) is 0 Å². The fourth-order valence-corrected chi connectivity index (χ4v) is 1.55. The molecule has 0 unspecified atom stereocenters. The van der Waals surface area contributed by atoms with Gasteiger partial charge in [-0.3, -0.25) is 4.98 Å². The van der Waals surface area contributed by atoms with Crippen LogP contribution in [0.25, 0.3) is 0 Å². The van der Waals surface area contributed by atoms with Gasteiger partial charge in [0.05, 0.1) is 0 Å². The summed E-state index contributed by atoms with van der Waals surface area (Å²) in [7, 11) is 2.12. The first-order valence-corrected chi connectivity index (χ1v) is 5.94. The van der Waals surface area contributed by atoms with Crippen molar-refractivity contribution in [2.75, 3.05) is 18.5 Å². The van der Waals surface area contributed by atoms with Crippen LogP contribution in [-0.2, 0) is 6.54 Å². The molecule has 0 saturated carbocycles. The van der Waals surface area contributed by atoms with E-state index in [1.165, 1.54) is 11.3 Å². The van der Waals surface area contributed by atoms with Gasteiger partial charge in [-0.2, -0.15) is 0 Å². The Morgan fingerprint density at radius 1 is 1.44 bits per heavy atom. The molecule has 0 bridgehead atoms. The Hall–Kier alpha value is -1.09. The van der Waals surface area contributed by atoms with Gasteiger partial charge in [-0.1, -0.05) is 13.8 Å². The maximum absolute atomic E-state index is 4.37.